The van der Waals surface area contributed by atoms with Crippen molar-refractivity contribution in [2.24, 2.45) is 0 Å². The van der Waals surface area contributed by atoms with Gasteiger partial charge in [-0.1, -0.05) is 17.7 Å². The van der Waals surface area contributed by atoms with Crippen molar-refractivity contribution < 1.29 is 9.90 Å². The van der Waals surface area contributed by atoms with E-state index in [0.29, 0.717) is 23.8 Å². The summed E-state index contributed by atoms with van der Waals surface area (Å²) >= 11 is 5.94. The number of halogens is 1. The van der Waals surface area contributed by atoms with E-state index in [0.717, 1.165) is 0 Å². The molecule has 1 aromatic carbocycles. The maximum atomic E-state index is 12.3. The van der Waals surface area contributed by atoms with Crippen molar-refractivity contribution in [3.8, 4) is 6.07 Å². The Morgan fingerprint density at radius 2 is 2.20 bits per heavy atom. The van der Waals surface area contributed by atoms with Gasteiger partial charge >= 0.3 is 0 Å². The molecule has 1 rings (SSSR count). The highest BCUT2D eigenvalue weighted by atomic mass is 35.5. The molecular weight excluding hydrogens is 278 g/mol. The van der Waals surface area contributed by atoms with E-state index in [2.05, 4.69) is 0 Å². The van der Waals surface area contributed by atoms with Crippen LogP contribution in [0, 0.1) is 11.3 Å². The molecule has 1 aromatic rings. The van der Waals surface area contributed by atoms with Crippen LogP contribution in [0.25, 0.3) is 0 Å². The average Bonchev–Trinajstić information content (AvgIpc) is 2.39. The van der Waals surface area contributed by atoms with Gasteiger partial charge in [0.15, 0.2) is 0 Å². The lowest BCUT2D eigenvalue weighted by atomic mass is 10.2. The number of hydrogen-bond acceptors (Lipinski definition) is 4. The Hall–Kier alpha value is -1.61. The molecule has 0 unspecified atom stereocenters. The van der Waals surface area contributed by atoms with Crippen LogP contribution in [0.15, 0.2) is 24.3 Å². The Balaban J connectivity index is 2.83. The number of amides is 1. The molecule has 0 aliphatic heterocycles. The molecule has 0 saturated carbocycles. The second-order valence-electron chi connectivity index (χ2n) is 4.39. The highest BCUT2D eigenvalue weighted by Gasteiger charge is 2.17. The smallest absolute Gasteiger partial charge is 0.241 e. The number of hydrogen-bond donors (Lipinski definition) is 1. The predicted octanol–water partition coefficient (Wildman–Crippen LogP) is 1.51. The standard InChI is InChI=1S/C14H18ClN3O2/c1-17(8-9-19)11-14(20)18(7-3-6-16)13-5-2-4-12(15)10-13/h2,4-5,10,19H,3,7-9,11H2,1H3. The number of rotatable bonds is 7. The third-order valence-corrected chi connectivity index (χ3v) is 2.99. The van der Waals surface area contributed by atoms with Crippen molar-refractivity contribution in [2.75, 3.05) is 38.2 Å². The summed E-state index contributed by atoms with van der Waals surface area (Å²) in [7, 11) is 1.76. The number of carbonyl (C=O) groups excluding carboxylic acids is 1. The summed E-state index contributed by atoms with van der Waals surface area (Å²) in [6.45, 7) is 0.924. The minimum Gasteiger partial charge on any atom is -0.395 e. The zero-order valence-corrected chi connectivity index (χ0v) is 12.2. The summed E-state index contributed by atoms with van der Waals surface area (Å²) in [4.78, 5) is 15.6. The van der Waals surface area contributed by atoms with Crippen molar-refractivity contribution in [1.82, 2.24) is 4.90 Å². The van der Waals surface area contributed by atoms with Gasteiger partial charge in [0.1, 0.15) is 0 Å². The van der Waals surface area contributed by atoms with E-state index >= 15 is 0 Å². The molecule has 1 N–H and O–H groups in total. The first kappa shape index (κ1) is 16.4. The minimum atomic E-state index is -0.126. The number of nitriles is 1. The summed E-state index contributed by atoms with van der Waals surface area (Å²) in [5.74, 6) is -0.126. The summed E-state index contributed by atoms with van der Waals surface area (Å²) in [5, 5.41) is 18.1. The number of likely N-dealkylation sites (N-methyl/N-ethyl adjacent to an activating group) is 1. The van der Waals surface area contributed by atoms with Crippen molar-refractivity contribution in [3.63, 3.8) is 0 Å². The van der Waals surface area contributed by atoms with Gasteiger partial charge in [0, 0.05) is 23.8 Å². The molecule has 20 heavy (non-hydrogen) atoms. The van der Waals surface area contributed by atoms with Gasteiger partial charge in [0.25, 0.3) is 0 Å². The normalized spacial score (nSPS) is 10.3. The Labute approximate surface area is 124 Å². The zero-order chi connectivity index (χ0) is 15.0. The maximum Gasteiger partial charge on any atom is 0.241 e. The number of aliphatic hydroxyl groups is 1. The van der Waals surface area contributed by atoms with Gasteiger partial charge in [-0.15, -0.1) is 0 Å². The number of aliphatic hydroxyl groups excluding tert-OH is 1. The van der Waals surface area contributed by atoms with E-state index in [1.54, 1.807) is 41.1 Å². The monoisotopic (exact) mass is 295 g/mol. The lowest BCUT2D eigenvalue weighted by Crippen LogP contribution is -2.40. The fourth-order valence-electron chi connectivity index (χ4n) is 1.77. The van der Waals surface area contributed by atoms with Crippen LogP contribution in [0.1, 0.15) is 6.42 Å². The van der Waals surface area contributed by atoms with Gasteiger partial charge in [-0.2, -0.15) is 5.26 Å². The van der Waals surface area contributed by atoms with Crippen LogP contribution in [0.2, 0.25) is 5.02 Å². The first-order valence-electron chi connectivity index (χ1n) is 6.30. The second kappa shape index (κ2) is 8.54. The number of carbonyl (C=O) groups is 1. The molecule has 0 saturated heterocycles. The molecule has 0 fully saturated rings. The van der Waals surface area contributed by atoms with Crippen molar-refractivity contribution in [3.05, 3.63) is 29.3 Å². The fourth-order valence-corrected chi connectivity index (χ4v) is 1.95. The molecule has 0 spiro atoms. The third kappa shape index (κ3) is 5.17. The van der Waals surface area contributed by atoms with Crippen LogP contribution in [-0.2, 0) is 4.79 Å². The van der Waals surface area contributed by atoms with Crippen LogP contribution < -0.4 is 4.90 Å². The molecule has 5 nitrogen and oxygen atoms in total. The minimum absolute atomic E-state index is 0.000852. The van der Waals surface area contributed by atoms with E-state index < -0.39 is 0 Å². The summed E-state index contributed by atoms with van der Waals surface area (Å²) < 4.78 is 0. The topological polar surface area (TPSA) is 67.6 Å². The zero-order valence-electron chi connectivity index (χ0n) is 11.4. The van der Waals surface area contributed by atoms with Crippen molar-refractivity contribution >= 4 is 23.2 Å². The van der Waals surface area contributed by atoms with E-state index in [1.165, 1.54) is 0 Å². The molecule has 6 heteroatoms. The Morgan fingerprint density at radius 3 is 2.80 bits per heavy atom. The quantitative estimate of drug-likeness (QED) is 0.828. The molecule has 0 aromatic heterocycles. The predicted molar refractivity (Wildman–Crippen MR) is 78.6 cm³/mol. The molecule has 0 aliphatic rings. The molecule has 108 valence electrons. The van der Waals surface area contributed by atoms with E-state index in [-0.39, 0.29) is 25.5 Å². The molecule has 0 atom stereocenters. The maximum absolute atomic E-state index is 12.3. The first-order chi connectivity index (χ1) is 9.58. The lowest BCUT2D eigenvalue weighted by molar-refractivity contribution is -0.119. The Morgan fingerprint density at radius 1 is 1.45 bits per heavy atom. The van der Waals surface area contributed by atoms with Crippen LogP contribution in [0.5, 0.6) is 0 Å². The number of benzene rings is 1. The SMILES string of the molecule is CN(CCO)CC(=O)N(CCC#N)c1cccc(Cl)c1. The van der Waals surface area contributed by atoms with E-state index in [1.807, 2.05) is 6.07 Å². The molecule has 0 bridgehead atoms. The largest absolute Gasteiger partial charge is 0.395 e. The van der Waals surface area contributed by atoms with Crippen LogP contribution >= 0.6 is 11.6 Å². The van der Waals surface area contributed by atoms with Gasteiger partial charge in [-0.05, 0) is 25.2 Å². The Kier molecular flexibility index (Phi) is 7.02. The van der Waals surface area contributed by atoms with Gasteiger partial charge in [-0.3, -0.25) is 9.69 Å². The molecule has 0 aliphatic carbocycles. The van der Waals surface area contributed by atoms with Crippen LogP contribution in [0.4, 0.5) is 5.69 Å². The summed E-state index contributed by atoms with van der Waals surface area (Å²) in [6, 6.07) is 9.02. The molecule has 0 heterocycles. The van der Waals surface area contributed by atoms with Crippen LogP contribution in [-0.4, -0.2) is 49.2 Å². The number of anilines is 1. The van der Waals surface area contributed by atoms with Gasteiger partial charge in [0.05, 0.1) is 25.6 Å². The van der Waals surface area contributed by atoms with Crippen LogP contribution in [0.3, 0.4) is 0 Å². The van der Waals surface area contributed by atoms with Gasteiger partial charge < -0.3 is 10.0 Å². The number of nitrogens with zero attached hydrogens (tertiary/aromatic N) is 3. The average molecular weight is 296 g/mol. The van der Waals surface area contributed by atoms with E-state index in [4.69, 9.17) is 22.0 Å². The van der Waals surface area contributed by atoms with Gasteiger partial charge in [-0.25, -0.2) is 0 Å². The lowest BCUT2D eigenvalue weighted by Gasteiger charge is -2.24. The second-order valence-corrected chi connectivity index (χ2v) is 4.83. The van der Waals surface area contributed by atoms with E-state index in [9.17, 15) is 4.79 Å². The molecular formula is C14H18ClN3O2. The van der Waals surface area contributed by atoms with Crippen molar-refractivity contribution in [1.29, 1.82) is 5.26 Å². The van der Waals surface area contributed by atoms with Crippen molar-refractivity contribution in [2.45, 2.75) is 6.42 Å². The molecule has 1 amide bonds. The highest BCUT2D eigenvalue weighted by molar-refractivity contribution is 6.30. The van der Waals surface area contributed by atoms with Gasteiger partial charge in [0.2, 0.25) is 5.91 Å². The highest BCUT2D eigenvalue weighted by Crippen LogP contribution is 2.20. The summed E-state index contributed by atoms with van der Waals surface area (Å²) in [6.07, 6.45) is 0.252. The third-order valence-electron chi connectivity index (χ3n) is 2.76. The first-order valence-corrected chi connectivity index (χ1v) is 6.68. The summed E-state index contributed by atoms with van der Waals surface area (Å²) in [5.41, 5.74) is 0.676. The molecule has 0 radical (unpaired) electrons. The Bertz CT molecular complexity index is 488. The fraction of sp³-hybridized carbons (Fsp3) is 0.429.